The van der Waals surface area contributed by atoms with E-state index in [0.29, 0.717) is 17.3 Å². The molecule has 1 aliphatic rings. The third-order valence-corrected chi connectivity index (χ3v) is 6.94. The van der Waals surface area contributed by atoms with Gasteiger partial charge in [-0.25, -0.2) is 14.5 Å². The molecule has 0 aliphatic heterocycles. The summed E-state index contributed by atoms with van der Waals surface area (Å²) in [5.74, 6) is 0.304. The molecule has 38 heavy (non-hydrogen) atoms. The molecule has 2 N–H and O–H groups in total. The largest absolute Gasteiger partial charge is 0.462 e. The van der Waals surface area contributed by atoms with Gasteiger partial charge in [-0.2, -0.15) is 9.61 Å². The first-order chi connectivity index (χ1) is 18.4. The van der Waals surface area contributed by atoms with E-state index in [9.17, 15) is 9.59 Å². The van der Waals surface area contributed by atoms with Gasteiger partial charge < -0.3 is 10.5 Å². The maximum Gasteiger partial charge on any atom is 0.343 e. The Balaban J connectivity index is 1.50. The molecule has 0 spiro atoms. The molecule has 198 valence electrons. The Labute approximate surface area is 221 Å². The molecule has 1 aliphatic carbocycles. The van der Waals surface area contributed by atoms with Crippen LogP contribution in [0.1, 0.15) is 63.2 Å². The van der Waals surface area contributed by atoms with Crippen LogP contribution in [0, 0.1) is 5.92 Å². The molecular weight excluding hydrogens is 482 g/mol. The zero-order chi connectivity index (χ0) is 26.8. The molecule has 1 saturated carbocycles. The Hall–Kier alpha value is -4.21. The van der Waals surface area contributed by atoms with E-state index in [2.05, 4.69) is 10.1 Å². The molecule has 10 heteroatoms. The van der Waals surface area contributed by atoms with Gasteiger partial charge >= 0.3 is 5.97 Å². The van der Waals surface area contributed by atoms with Crippen LogP contribution in [0.5, 0.6) is 0 Å². The molecule has 0 saturated heterocycles. The number of aromatic nitrogens is 5. The lowest BCUT2D eigenvalue weighted by molar-refractivity contribution is -0.123. The van der Waals surface area contributed by atoms with Gasteiger partial charge in [0.25, 0.3) is 0 Å². The van der Waals surface area contributed by atoms with E-state index in [1.54, 1.807) is 39.5 Å². The van der Waals surface area contributed by atoms with Gasteiger partial charge in [-0.05, 0) is 51.8 Å². The molecule has 0 radical (unpaired) electrons. The number of nitrogen functional groups attached to an aromatic ring is 1. The van der Waals surface area contributed by atoms with Crippen molar-refractivity contribution < 1.29 is 14.3 Å². The normalized spacial score (nSPS) is 14.2. The van der Waals surface area contributed by atoms with Crippen molar-refractivity contribution in [3.05, 3.63) is 54.4 Å². The fourth-order valence-corrected chi connectivity index (χ4v) is 5.02. The fraction of sp³-hybridized carbons (Fsp3) is 0.393. The molecule has 0 unspecified atom stereocenters. The van der Waals surface area contributed by atoms with Crippen molar-refractivity contribution in [3.63, 3.8) is 0 Å². The quantitative estimate of drug-likeness (QED) is 0.355. The van der Waals surface area contributed by atoms with Crippen molar-refractivity contribution in [1.29, 1.82) is 0 Å². The van der Waals surface area contributed by atoms with Gasteiger partial charge in [-0.15, -0.1) is 5.10 Å². The number of hydrogen-bond acceptors (Lipinski definition) is 7. The Morgan fingerprint density at radius 2 is 1.84 bits per heavy atom. The molecule has 3 heterocycles. The minimum atomic E-state index is -0.498. The van der Waals surface area contributed by atoms with Gasteiger partial charge in [0, 0.05) is 36.0 Å². The lowest BCUT2D eigenvalue weighted by atomic mass is 9.88. The van der Waals surface area contributed by atoms with Crippen molar-refractivity contribution in [1.82, 2.24) is 24.4 Å². The van der Waals surface area contributed by atoms with Crippen molar-refractivity contribution in [2.75, 3.05) is 17.2 Å². The van der Waals surface area contributed by atoms with Crippen molar-refractivity contribution >= 4 is 29.2 Å². The average molecular weight is 516 g/mol. The van der Waals surface area contributed by atoms with Gasteiger partial charge in [0.2, 0.25) is 5.91 Å². The highest BCUT2D eigenvalue weighted by molar-refractivity contribution is 6.02. The second-order valence-corrected chi connectivity index (χ2v) is 9.88. The molecule has 5 rings (SSSR count). The predicted molar refractivity (Wildman–Crippen MR) is 145 cm³/mol. The summed E-state index contributed by atoms with van der Waals surface area (Å²) < 4.78 is 8.55. The van der Waals surface area contributed by atoms with Gasteiger partial charge in [0.05, 0.1) is 18.0 Å². The van der Waals surface area contributed by atoms with E-state index in [4.69, 9.17) is 15.6 Å². The number of nitrogens with two attached hydrogens (primary N) is 1. The lowest BCUT2D eigenvalue weighted by Gasteiger charge is -2.31. The van der Waals surface area contributed by atoms with Crippen LogP contribution in [0.4, 0.5) is 11.6 Å². The Kier molecular flexibility index (Phi) is 7.13. The van der Waals surface area contributed by atoms with Crippen LogP contribution in [0.3, 0.4) is 0 Å². The summed E-state index contributed by atoms with van der Waals surface area (Å²) in [6, 6.07) is 11.0. The molecule has 1 amide bonds. The van der Waals surface area contributed by atoms with Crippen molar-refractivity contribution in [2.45, 2.75) is 58.9 Å². The number of hydrogen-bond donors (Lipinski definition) is 1. The molecule has 0 atom stereocenters. The number of esters is 1. The Bertz CT molecular complexity index is 1450. The van der Waals surface area contributed by atoms with Crippen molar-refractivity contribution in [2.24, 2.45) is 5.92 Å². The highest BCUT2D eigenvalue weighted by Crippen LogP contribution is 2.31. The lowest BCUT2D eigenvalue weighted by Crippen LogP contribution is -2.42. The van der Waals surface area contributed by atoms with Crippen LogP contribution in [0.25, 0.3) is 22.6 Å². The minimum Gasteiger partial charge on any atom is -0.462 e. The highest BCUT2D eigenvalue weighted by atomic mass is 16.5. The van der Waals surface area contributed by atoms with Crippen LogP contribution in [-0.2, 0) is 9.53 Å². The number of carbonyl (C=O) groups is 2. The summed E-state index contributed by atoms with van der Waals surface area (Å²) in [5, 5.41) is 9.30. The summed E-state index contributed by atoms with van der Waals surface area (Å²) in [4.78, 5) is 32.5. The number of anilines is 2. The van der Waals surface area contributed by atoms with Crippen LogP contribution in [-0.4, -0.2) is 48.9 Å². The summed E-state index contributed by atoms with van der Waals surface area (Å²) in [5.41, 5.74) is 9.30. The van der Waals surface area contributed by atoms with Crippen LogP contribution in [0.2, 0.25) is 0 Å². The summed E-state index contributed by atoms with van der Waals surface area (Å²) in [6.07, 6.45) is 8.26. The molecule has 10 nitrogen and oxygen atoms in total. The van der Waals surface area contributed by atoms with E-state index in [0.717, 1.165) is 49.0 Å². The van der Waals surface area contributed by atoms with E-state index in [-0.39, 0.29) is 30.0 Å². The Morgan fingerprint density at radius 3 is 2.50 bits per heavy atom. The first-order valence-electron chi connectivity index (χ1n) is 13.2. The Morgan fingerprint density at radius 1 is 1.11 bits per heavy atom. The first-order valence-corrected chi connectivity index (χ1v) is 13.2. The number of benzene rings is 1. The molecule has 3 aromatic heterocycles. The molecule has 4 aromatic rings. The summed E-state index contributed by atoms with van der Waals surface area (Å²) in [6.45, 7) is 5.88. The van der Waals surface area contributed by atoms with E-state index >= 15 is 0 Å². The van der Waals surface area contributed by atoms with E-state index in [1.165, 1.54) is 0 Å². The van der Waals surface area contributed by atoms with E-state index < -0.39 is 5.97 Å². The standard InChI is InChI=1S/C28H33N7O3/c1-4-38-28(37)22-17-33(32-26(22)34(18(2)3)27(36)20-8-6-5-7-9-20)21-12-10-19(11-13-21)23-16-25-30-15-14-24(29)35(25)31-23/h10-18,20H,4-9,29H2,1-3H3. The minimum absolute atomic E-state index is 0.0191. The monoisotopic (exact) mass is 515 g/mol. The molecule has 0 bridgehead atoms. The number of carbonyl (C=O) groups excluding carboxylic acids is 2. The predicted octanol–water partition coefficient (Wildman–Crippen LogP) is 4.66. The van der Waals surface area contributed by atoms with Gasteiger partial charge in [0.15, 0.2) is 11.5 Å². The third kappa shape index (κ3) is 4.85. The zero-order valence-electron chi connectivity index (χ0n) is 22.0. The second kappa shape index (κ2) is 10.6. The van der Waals surface area contributed by atoms with Gasteiger partial charge in [0.1, 0.15) is 11.4 Å². The van der Waals surface area contributed by atoms with E-state index in [1.807, 2.05) is 44.2 Å². The zero-order valence-corrected chi connectivity index (χ0v) is 22.0. The van der Waals surface area contributed by atoms with Crippen LogP contribution < -0.4 is 10.6 Å². The number of nitrogens with zero attached hydrogens (tertiary/aromatic N) is 6. The van der Waals surface area contributed by atoms with Crippen LogP contribution in [0.15, 0.2) is 48.8 Å². The molecule has 1 aromatic carbocycles. The number of fused-ring (bicyclic) bond motifs is 1. The fourth-order valence-electron chi connectivity index (χ4n) is 5.02. The smallest absolute Gasteiger partial charge is 0.343 e. The topological polar surface area (TPSA) is 121 Å². The van der Waals surface area contributed by atoms with Gasteiger partial charge in [-0.1, -0.05) is 31.4 Å². The van der Waals surface area contributed by atoms with Gasteiger partial charge in [-0.3, -0.25) is 9.69 Å². The summed E-state index contributed by atoms with van der Waals surface area (Å²) >= 11 is 0. The molecular formula is C28H33N7O3. The maximum atomic E-state index is 13.6. The van der Waals surface area contributed by atoms with Crippen LogP contribution >= 0.6 is 0 Å². The highest BCUT2D eigenvalue weighted by Gasteiger charge is 2.33. The number of amides is 1. The first kappa shape index (κ1) is 25.4. The second-order valence-electron chi connectivity index (χ2n) is 9.88. The average Bonchev–Trinajstić information content (AvgIpc) is 3.55. The number of rotatable bonds is 7. The van der Waals surface area contributed by atoms with Crippen molar-refractivity contribution in [3.8, 4) is 16.9 Å². The summed E-state index contributed by atoms with van der Waals surface area (Å²) in [7, 11) is 0. The number of ether oxygens (including phenoxy) is 1. The maximum absolute atomic E-state index is 13.6. The SMILES string of the molecule is CCOC(=O)c1cn(-c2ccc(-c3cc4nccc(N)n4n3)cc2)nc1N(C(=O)C1CCCCC1)C(C)C. The third-order valence-electron chi connectivity index (χ3n) is 6.94. The molecule has 1 fully saturated rings.